The van der Waals surface area contributed by atoms with Gasteiger partial charge in [-0.05, 0) is 41.8 Å². The molecule has 3 rings (SSSR count). The zero-order chi connectivity index (χ0) is 18.0. The van der Waals surface area contributed by atoms with Crippen molar-refractivity contribution in [2.24, 2.45) is 0 Å². The second kappa shape index (κ2) is 7.29. The van der Waals surface area contributed by atoms with E-state index in [2.05, 4.69) is 10.2 Å². The Balaban J connectivity index is 1.71. The predicted molar refractivity (Wildman–Crippen MR) is 90.9 cm³/mol. The van der Waals surface area contributed by atoms with Crippen LogP contribution in [0.15, 0.2) is 36.4 Å². The van der Waals surface area contributed by atoms with Crippen molar-refractivity contribution in [2.45, 2.75) is 32.5 Å². The van der Waals surface area contributed by atoms with E-state index in [0.29, 0.717) is 12.1 Å². The summed E-state index contributed by atoms with van der Waals surface area (Å²) in [6.45, 7) is 3.40. The summed E-state index contributed by atoms with van der Waals surface area (Å²) in [4.78, 5) is 14.4. The summed E-state index contributed by atoms with van der Waals surface area (Å²) in [5.74, 6) is -2.17. The number of amides is 1. The first-order valence-corrected chi connectivity index (χ1v) is 8.17. The molecule has 132 valence electrons. The number of nitrogens with one attached hydrogen (secondary N) is 1. The molecule has 4 nitrogen and oxygen atoms in total. The Labute approximate surface area is 145 Å². The molecule has 2 N–H and O–H groups in total. The molecular formula is C19H20F2N2O2. The van der Waals surface area contributed by atoms with Crippen molar-refractivity contribution < 1.29 is 18.7 Å². The van der Waals surface area contributed by atoms with Gasteiger partial charge in [0.25, 0.3) is 0 Å². The van der Waals surface area contributed by atoms with E-state index < -0.39 is 11.6 Å². The summed E-state index contributed by atoms with van der Waals surface area (Å²) >= 11 is 0. The van der Waals surface area contributed by atoms with Gasteiger partial charge in [-0.1, -0.05) is 18.2 Å². The summed E-state index contributed by atoms with van der Waals surface area (Å²) in [6, 6.07) is 9.20. The SMILES string of the molecule is C[C@@H](CO)N1Cc2cccc(NC(=O)Cc3ccc(F)c(F)c3)c2C1. The number of aliphatic hydroxyl groups excluding tert-OH is 1. The van der Waals surface area contributed by atoms with Crippen molar-refractivity contribution in [3.8, 4) is 0 Å². The molecule has 0 aliphatic carbocycles. The van der Waals surface area contributed by atoms with Gasteiger partial charge in [0.1, 0.15) is 0 Å². The van der Waals surface area contributed by atoms with Gasteiger partial charge in [0.15, 0.2) is 11.6 Å². The number of halogens is 2. The number of rotatable bonds is 5. The van der Waals surface area contributed by atoms with Crippen molar-refractivity contribution >= 4 is 11.6 Å². The van der Waals surface area contributed by atoms with Gasteiger partial charge < -0.3 is 10.4 Å². The highest BCUT2D eigenvalue weighted by Crippen LogP contribution is 2.30. The summed E-state index contributed by atoms with van der Waals surface area (Å²) < 4.78 is 26.2. The quantitative estimate of drug-likeness (QED) is 0.875. The van der Waals surface area contributed by atoms with E-state index in [1.165, 1.54) is 6.07 Å². The third-order valence-electron chi connectivity index (χ3n) is 4.52. The predicted octanol–water partition coefficient (Wildman–Crippen LogP) is 2.84. The van der Waals surface area contributed by atoms with E-state index in [0.717, 1.165) is 35.5 Å². The summed E-state index contributed by atoms with van der Waals surface area (Å²) in [5, 5.41) is 12.2. The molecule has 0 saturated carbocycles. The third kappa shape index (κ3) is 3.86. The minimum Gasteiger partial charge on any atom is -0.395 e. The summed E-state index contributed by atoms with van der Waals surface area (Å²) in [6.07, 6.45) is -0.0301. The van der Waals surface area contributed by atoms with Crippen molar-refractivity contribution in [1.82, 2.24) is 4.90 Å². The molecule has 1 amide bonds. The average molecular weight is 346 g/mol. The fourth-order valence-electron chi connectivity index (χ4n) is 3.02. The van der Waals surface area contributed by atoms with Crippen LogP contribution in [-0.4, -0.2) is 28.6 Å². The van der Waals surface area contributed by atoms with E-state index in [4.69, 9.17) is 0 Å². The van der Waals surface area contributed by atoms with Crippen LogP contribution in [-0.2, 0) is 24.3 Å². The number of carbonyl (C=O) groups excluding carboxylic acids is 1. The molecule has 2 aromatic carbocycles. The minimum absolute atomic E-state index is 0.0301. The van der Waals surface area contributed by atoms with Gasteiger partial charge in [0.2, 0.25) is 5.91 Å². The second-order valence-corrected chi connectivity index (χ2v) is 6.35. The monoisotopic (exact) mass is 346 g/mol. The molecule has 2 aromatic rings. The fraction of sp³-hybridized carbons (Fsp3) is 0.316. The number of nitrogens with zero attached hydrogens (tertiary/aromatic N) is 1. The number of carbonyl (C=O) groups is 1. The lowest BCUT2D eigenvalue weighted by Gasteiger charge is -2.21. The van der Waals surface area contributed by atoms with Gasteiger partial charge >= 0.3 is 0 Å². The van der Waals surface area contributed by atoms with E-state index in [1.807, 2.05) is 25.1 Å². The number of hydrogen-bond acceptors (Lipinski definition) is 3. The van der Waals surface area contributed by atoms with Gasteiger partial charge in [-0.15, -0.1) is 0 Å². The van der Waals surface area contributed by atoms with Gasteiger partial charge in [-0.3, -0.25) is 9.69 Å². The van der Waals surface area contributed by atoms with E-state index >= 15 is 0 Å². The topological polar surface area (TPSA) is 52.6 Å². The Kier molecular flexibility index (Phi) is 5.11. The van der Waals surface area contributed by atoms with Crippen LogP contribution < -0.4 is 5.32 Å². The number of anilines is 1. The Hall–Kier alpha value is -2.31. The number of benzene rings is 2. The van der Waals surface area contributed by atoms with Crippen molar-refractivity contribution in [3.63, 3.8) is 0 Å². The van der Waals surface area contributed by atoms with Crippen LogP contribution in [0.5, 0.6) is 0 Å². The normalized spacial score (nSPS) is 15.0. The minimum atomic E-state index is -0.959. The molecule has 1 aliphatic rings. The van der Waals surface area contributed by atoms with Crippen LogP contribution in [0.4, 0.5) is 14.5 Å². The molecule has 1 atom stereocenters. The zero-order valence-corrected chi connectivity index (χ0v) is 13.9. The molecule has 1 heterocycles. The van der Waals surface area contributed by atoms with Gasteiger partial charge in [0, 0.05) is 24.8 Å². The Bertz CT molecular complexity index is 795. The van der Waals surface area contributed by atoms with E-state index in [1.54, 1.807) is 0 Å². The third-order valence-corrected chi connectivity index (χ3v) is 4.52. The lowest BCUT2D eigenvalue weighted by atomic mass is 10.1. The van der Waals surface area contributed by atoms with Crippen molar-refractivity contribution in [1.29, 1.82) is 0 Å². The molecule has 25 heavy (non-hydrogen) atoms. The van der Waals surface area contributed by atoms with Gasteiger partial charge in [-0.25, -0.2) is 8.78 Å². The van der Waals surface area contributed by atoms with Crippen LogP contribution in [0, 0.1) is 11.6 Å². The van der Waals surface area contributed by atoms with Crippen LogP contribution >= 0.6 is 0 Å². The number of fused-ring (bicyclic) bond motifs is 1. The molecule has 0 radical (unpaired) electrons. The van der Waals surface area contributed by atoms with Crippen LogP contribution in [0.1, 0.15) is 23.6 Å². The van der Waals surface area contributed by atoms with Gasteiger partial charge in [-0.2, -0.15) is 0 Å². The molecule has 0 spiro atoms. The average Bonchev–Trinajstić information content (AvgIpc) is 3.03. The lowest BCUT2D eigenvalue weighted by Crippen LogP contribution is -2.30. The highest BCUT2D eigenvalue weighted by Gasteiger charge is 2.25. The fourth-order valence-corrected chi connectivity index (χ4v) is 3.02. The number of hydrogen-bond donors (Lipinski definition) is 2. The summed E-state index contributed by atoms with van der Waals surface area (Å²) in [7, 11) is 0. The Morgan fingerprint density at radius 1 is 1.24 bits per heavy atom. The smallest absolute Gasteiger partial charge is 0.228 e. The number of aliphatic hydroxyl groups is 1. The van der Waals surface area contributed by atoms with Crippen LogP contribution in [0.2, 0.25) is 0 Å². The molecule has 0 saturated heterocycles. The van der Waals surface area contributed by atoms with Gasteiger partial charge in [0.05, 0.1) is 13.0 Å². The lowest BCUT2D eigenvalue weighted by molar-refractivity contribution is -0.115. The Morgan fingerprint density at radius 2 is 2.04 bits per heavy atom. The first-order valence-electron chi connectivity index (χ1n) is 8.17. The molecule has 0 fully saturated rings. The zero-order valence-electron chi connectivity index (χ0n) is 13.9. The molecule has 1 aliphatic heterocycles. The molecular weight excluding hydrogens is 326 g/mol. The second-order valence-electron chi connectivity index (χ2n) is 6.35. The van der Waals surface area contributed by atoms with Crippen molar-refractivity contribution in [2.75, 3.05) is 11.9 Å². The first-order chi connectivity index (χ1) is 12.0. The molecule has 6 heteroatoms. The summed E-state index contributed by atoms with van der Waals surface area (Å²) in [5.41, 5.74) is 3.28. The highest BCUT2D eigenvalue weighted by molar-refractivity contribution is 5.93. The largest absolute Gasteiger partial charge is 0.395 e. The molecule has 0 bridgehead atoms. The Morgan fingerprint density at radius 3 is 2.76 bits per heavy atom. The van der Waals surface area contributed by atoms with E-state index in [-0.39, 0.29) is 25.0 Å². The standard InChI is InChI=1S/C19H20F2N2O2/c1-12(11-24)23-9-14-3-2-4-18(15(14)10-23)22-19(25)8-13-5-6-16(20)17(21)7-13/h2-7,12,24H,8-11H2,1H3,(H,22,25)/t12-/m0/s1. The molecule has 0 unspecified atom stereocenters. The molecule has 0 aromatic heterocycles. The maximum absolute atomic E-state index is 13.3. The maximum Gasteiger partial charge on any atom is 0.228 e. The first kappa shape index (κ1) is 17.5. The van der Waals surface area contributed by atoms with Crippen molar-refractivity contribution in [3.05, 3.63) is 64.7 Å². The highest BCUT2D eigenvalue weighted by atomic mass is 19.2. The van der Waals surface area contributed by atoms with E-state index in [9.17, 15) is 18.7 Å². The van der Waals surface area contributed by atoms with Crippen LogP contribution in [0.25, 0.3) is 0 Å². The van der Waals surface area contributed by atoms with Crippen LogP contribution in [0.3, 0.4) is 0 Å². The maximum atomic E-state index is 13.3.